The topological polar surface area (TPSA) is 41.8 Å². The smallest absolute Gasteiger partial charge is 0.128 e. The molecule has 1 N–H and O–H groups in total. The number of phenolic OH excluding ortho intramolecular Hbond substituents is 1. The highest BCUT2D eigenvalue weighted by Crippen LogP contribution is 2.32. The summed E-state index contributed by atoms with van der Waals surface area (Å²) in [7, 11) is 0. The second-order valence-corrected chi connectivity index (χ2v) is 6.27. The number of nitrogens with zero attached hydrogens (tertiary/aromatic N) is 1. The minimum Gasteiger partial charge on any atom is -0.507 e. The van der Waals surface area contributed by atoms with Crippen molar-refractivity contribution in [1.29, 1.82) is 0 Å². The molecule has 0 bridgehead atoms. The second kappa shape index (κ2) is 8.86. The van der Waals surface area contributed by atoms with Crippen LogP contribution in [0.15, 0.2) is 90.4 Å². The lowest BCUT2D eigenvalue weighted by Gasteiger charge is -2.15. The van der Waals surface area contributed by atoms with Crippen molar-refractivity contribution in [2.45, 2.75) is 12.8 Å². The van der Waals surface area contributed by atoms with Crippen LogP contribution >= 0.6 is 0 Å². The molecule has 0 aromatic heterocycles. The molecule has 3 heteroatoms. The van der Waals surface area contributed by atoms with Gasteiger partial charge in [-0.05, 0) is 35.9 Å². The predicted molar refractivity (Wildman–Crippen MR) is 111 cm³/mol. The van der Waals surface area contributed by atoms with E-state index in [1.807, 2.05) is 60.7 Å². The van der Waals surface area contributed by atoms with Gasteiger partial charge in [-0.25, -0.2) is 0 Å². The lowest BCUT2D eigenvalue weighted by atomic mass is 9.91. The molecule has 0 saturated carbocycles. The van der Waals surface area contributed by atoms with Crippen LogP contribution in [0.2, 0.25) is 0 Å². The predicted octanol–water partition coefficient (Wildman–Crippen LogP) is 5.86. The maximum atomic E-state index is 10.7. The Hall–Kier alpha value is -3.33. The summed E-state index contributed by atoms with van der Waals surface area (Å²) in [5.41, 5.74) is 3.54. The third-order valence-corrected chi connectivity index (χ3v) is 4.42. The Morgan fingerprint density at radius 2 is 1.74 bits per heavy atom. The van der Waals surface area contributed by atoms with Crippen molar-refractivity contribution in [3.05, 3.63) is 102 Å². The molecule has 3 rings (SSSR count). The Kier molecular flexibility index (Phi) is 6.06. The molecule has 0 heterocycles. The van der Waals surface area contributed by atoms with Gasteiger partial charge < -0.3 is 9.84 Å². The zero-order chi connectivity index (χ0) is 19.1. The molecule has 0 radical (unpaired) electrons. The van der Waals surface area contributed by atoms with Crippen LogP contribution in [0.1, 0.15) is 29.5 Å². The molecular weight excluding hydrogens is 334 g/mol. The summed E-state index contributed by atoms with van der Waals surface area (Å²) < 4.78 is 5.47. The average Bonchev–Trinajstić information content (AvgIpc) is 2.72. The van der Waals surface area contributed by atoms with E-state index >= 15 is 0 Å². The molecule has 0 aliphatic rings. The van der Waals surface area contributed by atoms with Gasteiger partial charge in [0.25, 0.3) is 0 Å². The van der Waals surface area contributed by atoms with Crippen molar-refractivity contribution >= 4 is 11.9 Å². The zero-order valence-electron chi connectivity index (χ0n) is 15.4. The van der Waals surface area contributed by atoms with Gasteiger partial charge in [-0.2, -0.15) is 0 Å². The normalized spacial score (nSPS) is 12.0. The van der Waals surface area contributed by atoms with Gasteiger partial charge in [0.1, 0.15) is 18.1 Å². The highest BCUT2D eigenvalue weighted by Gasteiger charge is 2.14. The summed E-state index contributed by atoms with van der Waals surface area (Å²) >= 11 is 0. The van der Waals surface area contributed by atoms with Crippen LogP contribution in [0.4, 0.5) is 5.69 Å². The lowest BCUT2D eigenvalue weighted by Crippen LogP contribution is -1.98. The molecule has 0 amide bonds. The molecule has 1 atom stereocenters. The van der Waals surface area contributed by atoms with E-state index < -0.39 is 0 Å². The first-order valence-corrected chi connectivity index (χ1v) is 8.93. The van der Waals surface area contributed by atoms with E-state index in [1.54, 1.807) is 12.3 Å². The summed E-state index contributed by atoms with van der Waals surface area (Å²) in [6.07, 6.45) is 3.40. The van der Waals surface area contributed by atoms with Crippen molar-refractivity contribution < 1.29 is 9.84 Å². The molecule has 0 aliphatic heterocycles. The molecule has 0 spiro atoms. The standard InChI is InChI=1S/C24H23NO2/c1-3-16-27-22-14-12-21(13-15-22)25-17-20-10-7-11-23(24(20)26)18(2)19-8-5-4-6-9-19/h3-15,17-18,26H,1,16H2,2H3. The number of aliphatic imine (C=N–C) groups is 1. The van der Waals surface area contributed by atoms with Gasteiger partial charge >= 0.3 is 0 Å². The number of para-hydroxylation sites is 1. The van der Waals surface area contributed by atoms with Gasteiger partial charge in [0.15, 0.2) is 0 Å². The van der Waals surface area contributed by atoms with E-state index in [0.717, 1.165) is 22.6 Å². The summed E-state index contributed by atoms with van der Waals surface area (Å²) in [6.45, 7) is 6.20. The molecule has 27 heavy (non-hydrogen) atoms. The number of rotatable bonds is 7. The summed E-state index contributed by atoms with van der Waals surface area (Å²) in [5.74, 6) is 1.14. The molecule has 3 aromatic rings. The van der Waals surface area contributed by atoms with Gasteiger partial charge in [-0.3, -0.25) is 4.99 Å². The molecule has 3 aromatic carbocycles. The van der Waals surface area contributed by atoms with E-state index in [0.29, 0.717) is 12.2 Å². The van der Waals surface area contributed by atoms with Crippen LogP contribution in [-0.4, -0.2) is 17.9 Å². The van der Waals surface area contributed by atoms with Crippen molar-refractivity contribution in [2.24, 2.45) is 4.99 Å². The summed E-state index contributed by atoms with van der Waals surface area (Å²) in [4.78, 5) is 4.47. The minimum atomic E-state index is 0.0980. The van der Waals surface area contributed by atoms with Gasteiger partial charge in [-0.15, -0.1) is 0 Å². The van der Waals surface area contributed by atoms with Gasteiger partial charge in [0.2, 0.25) is 0 Å². The first-order chi connectivity index (χ1) is 13.2. The summed E-state index contributed by atoms with van der Waals surface area (Å²) in [5, 5.41) is 10.7. The van der Waals surface area contributed by atoms with E-state index in [9.17, 15) is 5.11 Å². The number of phenols is 1. The highest BCUT2D eigenvalue weighted by molar-refractivity contribution is 5.86. The molecule has 0 fully saturated rings. The van der Waals surface area contributed by atoms with E-state index in [1.165, 1.54) is 0 Å². The number of ether oxygens (including phenoxy) is 1. The van der Waals surface area contributed by atoms with Crippen LogP contribution in [0.5, 0.6) is 11.5 Å². The fraction of sp³-hybridized carbons (Fsp3) is 0.125. The van der Waals surface area contributed by atoms with Crippen LogP contribution in [0.25, 0.3) is 0 Å². The minimum absolute atomic E-state index is 0.0980. The Bertz CT molecular complexity index is 915. The third-order valence-electron chi connectivity index (χ3n) is 4.42. The Morgan fingerprint density at radius 1 is 1.00 bits per heavy atom. The number of aromatic hydroxyl groups is 1. The first kappa shape index (κ1) is 18.5. The number of hydrogen-bond acceptors (Lipinski definition) is 3. The van der Waals surface area contributed by atoms with Crippen LogP contribution in [0, 0.1) is 0 Å². The quantitative estimate of drug-likeness (QED) is 0.425. The molecular formula is C24H23NO2. The Labute approximate surface area is 160 Å². The van der Waals surface area contributed by atoms with E-state index in [2.05, 4.69) is 30.6 Å². The SMILES string of the molecule is C=CCOc1ccc(N=Cc2cccc(C(C)c3ccccc3)c2O)cc1. The Morgan fingerprint density at radius 3 is 2.44 bits per heavy atom. The fourth-order valence-electron chi connectivity index (χ4n) is 2.88. The molecule has 136 valence electrons. The van der Waals surface area contributed by atoms with Gasteiger partial charge in [-0.1, -0.05) is 62.0 Å². The van der Waals surface area contributed by atoms with Crippen LogP contribution < -0.4 is 4.74 Å². The lowest BCUT2D eigenvalue weighted by molar-refractivity contribution is 0.363. The van der Waals surface area contributed by atoms with Gasteiger partial charge in [0, 0.05) is 23.3 Å². The van der Waals surface area contributed by atoms with Crippen molar-refractivity contribution in [2.75, 3.05) is 6.61 Å². The maximum Gasteiger partial charge on any atom is 0.128 e. The van der Waals surface area contributed by atoms with E-state index in [4.69, 9.17) is 4.74 Å². The zero-order valence-corrected chi connectivity index (χ0v) is 15.4. The monoisotopic (exact) mass is 357 g/mol. The average molecular weight is 357 g/mol. The van der Waals surface area contributed by atoms with Gasteiger partial charge in [0.05, 0.1) is 5.69 Å². The Balaban J connectivity index is 1.79. The molecule has 0 aliphatic carbocycles. The largest absolute Gasteiger partial charge is 0.507 e. The van der Waals surface area contributed by atoms with Crippen LogP contribution in [-0.2, 0) is 0 Å². The van der Waals surface area contributed by atoms with E-state index in [-0.39, 0.29) is 11.7 Å². The highest BCUT2D eigenvalue weighted by atomic mass is 16.5. The second-order valence-electron chi connectivity index (χ2n) is 6.27. The molecule has 0 saturated heterocycles. The van der Waals surface area contributed by atoms with Crippen LogP contribution in [0.3, 0.4) is 0 Å². The maximum absolute atomic E-state index is 10.7. The van der Waals surface area contributed by atoms with Crippen molar-refractivity contribution in [3.63, 3.8) is 0 Å². The molecule has 1 unspecified atom stereocenters. The molecule has 3 nitrogen and oxygen atoms in total. The van der Waals surface area contributed by atoms with Crippen molar-refractivity contribution in [3.8, 4) is 11.5 Å². The van der Waals surface area contributed by atoms with Crippen molar-refractivity contribution in [1.82, 2.24) is 0 Å². The first-order valence-electron chi connectivity index (χ1n) is 8.93. The summed E-state index contributed by atoms with van der Waals surface area (Å²) in [6, 6.07) is 23.4. The third kappa shape index (κ3) is 4.64. The number of benzene rings is 3. The fourth-order valence-corrected chi connectivity index (χ4v) is 2.88. The number of hydrogen-bond donors (Lipinski definition) is 1.